The van der Waals surface area contributed by atoms with E-state index in [0.717, 1.165) is 42.6 Å². The Hall–Kier alpha value is -2.47. The molecular formula is C21H26F2N2O2. The van der Waals surface area contributed by atoms with Crippen LogP contribution in [0.5, 0.6) is 0 Å². The van der Waals surface area contributed by atoms with Crippen molar-refractivity contribution in [2.24, 2.45) is 0 Å². The number of benzene rings is 1. The molecule has 1 aromatic carbocycles. The van der Waals surface area contributed by atoms with Crippen LogP contribution in [0.3, 0.4) is 0 Å². The number of allylic oxidation sites excluding steroid dienone is 2. The van der Waals surface area contributed by atoms with Gasteiger partial charge < -0.3 is 15.0 Å². The summed E-state index contributed by atoms with van der Waals surface area (Å²) in [4.78, 5) is 14.4. The molecular weight excluding hydrogens is 350 g/mol. The smallest absolute Gasteiger partial charge is 0.244 e. The largest absolute Gasteiger partial charge is 0.378 e. The summed E-state index contributed by atoms with van der Waals surface area (Å²) >= 11 is 0. The minimum Gasteiger partial charge on any atom is -0.378 e. The molecule has 1 heterocycles. The third-order valence-corrected chi connectivity index (χ3v) is 4.45. The molecule has 0 radical (unpaired) electrons. The number of hydrogen-bond donors (Lipinski definition) is 1. The van der Waals surface area contributed by atoms with Gasteiger partial charge in [0.1, 0.15) is 11.6 Å². The van der Waals surface area contributed by atoms with E-state index in [0.29, 0.717) is 13.2 Å². The maximum atomic E-state index is 13.6. The fourth-order valence-corrected chi connectivity index (χ4v) is 2.86. The molecule has 1 amide bonds. The minimum atomic E-state index is -0.577. The predicted octanol–water partition coefficient (Wildman–Crippen LogP) is 3.67. The first-order chi connectivity index (χ1) is 12.9. The number of nitrogens with one attached hydrogen (secondary N) is 1. The van der Waals surface area contributed by atoms with Crippen molar-refractivity contribution in [1.82, 2.24) is 10.2 Å². The molecule has 27 heavy (non-hydrogen) atoms. The van der Waals surface area contributed by atoms with Gasteiger partial charge in [-0.2, -0.15) is 0 Å². The molecule has 2 rings (SSSR count). The Morgan fingerprint density at radius 1 is 1.30 bits per heavy atom. The molecule has 0 bridgehead atoms. The van der Waals surface area contributed by atoms with Gasteiger partial charge in [-0.1, -0.05) is 6.08 Å². The predicted molar refractivity (Wildman–Crippen MR) is 103 cm³/mol. The van der Waals surface area contributed by atoms with Gasteiger partial charge in [-0.05, 0) is 56.7 Å². The number of halogens is 2. The maximum Gasteiger partial charge on any atom is 0.244 e. The van der Waals surface area contributed by atoms with Gasteiger partial charge in [0.15, 0.2) is 0 Å². The summed E-state index contributed by atoms with van der Waals surface area (Å²) in [5.74, 6) is -1.50. The van der Waals surface area contributed by atoms with E-state index in [1.54, 1.807) is 0 Å². The van der Waals surface area contributed by atoms with Crippen LogP contribution in [0.2, 0.25) is 0 Å². The van der Waals surface area contributed by atoms with E-state index >= 15 is 0 Å². The zero-order chi connectivity index (χ0) is 19.8. The van der Waals surface area contributed by atoms with Crippen molar-refractivity contribution < 1.29 is 18.3 Å². The lowest BCUT2D eigenvalue weighted by Crippen LogP contribution is -2.36. The molecule has 0 saturated carbocycles. The molecule has 1 atom stereocenters. The van der Waals surface area contributed by atoms with Gasteiger partial charge in [-0.3, -0.25) is 4.79 Å². The SMILES string of the molecule is C/C=C(\C=C(/C)N1CCOCC1)C(C)NC(=O)/C=C/c1cc(F)ccc1F. The van der Waals surface area contributed by atoms with Crippen molar-refractivity contribution >= 4 is 12.0 Å². The van der Waals surface area contributed by atoms with Gasteiger partial charge in [-0.15, -0.1) is 0 Å². The number of morpholine rings is 1. The van der Waals surface area contributed by atoms with E-state index in [-0.39, 0.29) is 17.5 Å². The Labute approximate surface area is 159 Å². The van der Waals surface area contributed by atoms with E-state index in [1.165, 1.54) is 12.2 Å². The Morgan fingerprint density at radius 2 is 2.00 bits per heavy atom. The highest BCUT2D eigenvalue weighted by Crippen LogP contribution is 2.14. The van der Waals surface area contributed by atoms with Crippen LogP contribution in [0.25, 0.3) is 6.08 Å². The number of nitrogens with zero attached hydrogens (tertiary/aromatic N) is 1. The van der Waals surface area contributed by atoms with Crippen LogP contribution in [-0.2, 0) is 9.53 Å². The Balaban J connectivity index is 1.99. The normalized spacial score (nSPS) is 17.3. The molecule has 146 valence electrons. The van der Waals surface area contributed by atoms with Crippen LogP contribution in [0, 0.1) is 11.6 Å². The van der Waals surface area contributed by atoms with Gasteiger partial charge in [0.05, 0.1) is 19.3 Å². The van der Waals surface area contributed by atoms with Crippen LogP contribution in [0.1, 0.15) is 26.3 Å². The van der Waals surface area contributed by atoms with Gasteiger partial charge in [0.25, 0.3) is 0 Å². The third-order valence-electron chi connectivity index (χ3n) is 4.45. The van der Waals surface area contributed by atoms with Crippen LogP contribution in [-0.4, -0.2) is 43.2 Å². The highest BCUT2D eigenvalue weighted by atomic mass is 19.1. The van der Waals surface area contributed by atoms with Crippen molar-refractivity contribution in [3.8, 4) is 0 Å². The number of amides is 1. The summed E-state index contributed by atoms with van der Waals surface area (Å²) in [5.41, 5.74) is 2.12. The first kappa shape index (κ1) is 20.8. The number of ether oxygens (including phenoxy) is 1. The van der Waals surface area contributed by atoms with Crippen LogP contribution in [0.4, 0.5) is 8.78 Å². The molecule has 1 N–H and O–H groups in total. The van der Waals surface area contributed by atoms with Crippen molar-refractivity contribution in [3.05, 3.63) is 64.9 Å². The zero-order valence-corrected chi connectivity index (χ0v) is 16.0. The molecule has 1 aliphatic heterocycles. The van der Waals surface area contributed by atoms with E-state index < -0.39 is 11.6 Å². The molecule has 1 aromatic rings. The molecule has 0 aliphatic carbocycles. The molecule has 1 aliphatic rings. The Morgan fingerprint density at radius 3 is 2.67 bits per heavy atom. The van der Waals surface area contributed by atoms with Gasteiger partial charge >= 0.3 is 0 Å². The molecule has 1 fully saturated rings. The van der Waals surface area contributed by atoms with E-state index in [9.17, 15) is 13.6 Å². The van der Waals surface area contributed by atoms with Crippen LogP contribution >= 0.6 is 0 Å². The van der Waals surface area contributed by atoms with Crippen molar-refractivity contribution in [1.29, 1.82) is 0 Å². The van der Waals surface area contributed by atoms with E-state index in [2.05, 4.69) is 10.2 Å². The molecule has 0 aromatic heterocycles. The molecule has 4 nitrogen and oxygen atoms in total. The van der Waals surface area contributed by atoms with Crippen LogP contribution < -0.4 is 5.32 Å². The topological polar surface area (TPSA) is 41.6 Å². The molecule has 1 unspecified atom stereocenters. The lowest BCUT2D eigenvalue weighted by molar-refractivity contribution is -0.116. The second-order valence-corrected chi connectivity index (χ2v) is 6.40. The third kappa shape index (κ3) is 6.32. The van der Waals surface area contributed by atoms with E-state index in [4.69, 9.17) is 4.74 Å². The average molecular weight is 376 g/mol. The van der Waals surface area contributed by atoms with E-state index in [1.807, 2.05) is 32.9 Å². The number of rotatable bonds is 6. The van der Waals surface area contributed by atoms with Gasteiger partial charge in [0.2, 0.25) is 5.91 Å². The fraction of sp³-hybridized carbons (Fsp3) is 0.381. The minimum absolute atomic E-state index is 0.0344. The quantitative estimate of drug-likeness (QED) is 0.609. The molecule has 0 spiro atoms. The highest BCUT2D eigenvalue weighted by Gasteiger charge is 2.13. The summed E-state index contributed by atoms with van der Waals surface area (Å²) in [6.45, 7) is 8.96. The van der Waals surface area contributed by atoms with Crippen molar-refractivity contribution in [3.63, 3.8) is 0 Å². The number of carbonyl (C=O) groups excluding carboxylic acids is 1. The number of carbonyl (C=O) groups is 1. The monoisotopic (exact) mass is 376 g/mol. The molecule has 6 heteroatoms. The number of hydrogen-bond acceptors (Lipinski definition) is 3. The first-order valence-electron chi connectivity index (χ1n) is 9.01. The Kier molecular flexibility index (Phi) is 7.73. The first-order valence-corrected chi connectivity index (χ1v) is 9.01. The van der Waals surface area contributed by atoms with Crippen molar-refractivity contribution in [2.45, 2.75) is 26.8 Å². The average Bonchev–Trinajstić information content (AvgIpc) is 2.67. The lowest BCUT2D eigenvalue weighted by atomic mass is 10.1. The van der Waals surface area contributed by atoms with Crippen LogP contribution in [0.15, 0.2) is 47.7 Å². The Bertz CT molecular complexity index is 751. The summed E-state index contributed by atoms with van der Waals surface area (Å²) in [7, 11) is 0. The van der Waals surface area contributed by atoms with Crippen molar-refractivity contribution in [2.75, 3.05) is 26.3 Å². The lowest BCUT2D eigenvalue weighted by Gasteiger charge is -2.30. The molecule has 1 saturated heterocycles. The maximum absolute atomic E-state index is 13.6. The zero-order valence-electron chi connectivity index (χ0n) is 16.0. The summed E-state index contributed by atoms with van der Waals surface area (Å²) in [6.07, 6.45) is 6.47. The summed E-state index contributed by atoms with van der Waals surface area (Å²) in [5, 5.41) is 2.85. The second kappa shape index (κ2) is 10.0. The second-order valence-electron chi connectivity index (χ2n) is 6.40. The standard InChI is InChI=1S/C21H26F2N2O2/c1-4-17(13-15(2)25-9-11-27-12-10-25)16(3)24-21(26)8-5-18-14-19(22)6-7-20(18)23/h4-8,13-14,16H,9-12H2,1-3H3,(H,24,26)/b8-5+,15-13+,17-4+. The summed E-state index contributed by atoms with van der Waals surface area (Å²) < 4.78 is 32.1. The van der Waals surface area contributed by atoms with Gasteiger partial charge in [0, 0.05) is 30.4 Å². The highest BCUT2D eigenvalue weighted by molar-refractivity contribution is 5.92. The van der Waals surface area contributed by atoms with Gasteiger partial charge in [-0.25, -0.2) is 8.78 Å². The fourth-order valence-electron chi connectivity index (χ4n) is 2.86. The summed E-state index contributed by atoms with van der Waals surface area (Å²) in [6, 6.07) is 2.90.